The molecule has 0 aliphatic rings. The number of phenols is 1. The number of aromatic hydroxyl groups is 1. The lowest BCUT2D eigenvalue weighted by atomic mass is 10.1. The predicted octanol–water partition coefficient (Wildman–Crippen LogP) is 4.03. The van der Waals surface area contributed by atoms with E-state index in [1.165, 1.54) is 5.56 Å². The summed E-state index contributed by atoms with van der Waals surface area (Å²) in [5, 5.41) is 13.2. The first-order valence-electron chi connectivity index (χ1n) is 7.33. The minimum Gasteiger partial charge on any atom is -0.508 e. The molecule has 21 heavy (non-hydrogen) atoms. The standard InChI is InChI=1S/C18H23NO2/c1-13(2)21-17-10-8-15(9-11-17)14(3)19-12-16-6-4-5-7-18(16)20/h4-11,13-14,19-20H,12H2,1-3H3. The molecule has 0 aliphatic carbocycles. The van der Waals surface area contributed by atoms with Crippen molar-refractivity contribution in [2.75, 3.05) is 0 Å². The topological polar surface area (TPSA) is 41.5 Å². The highest BCUT2D eigenvalue weighted by atomic mass is 16.5. The van der Waals surface area contributed by atoms with E-state index in [2.05, 4.69) is 24.4 Å². The van der Waals surface area contributed by atoms with Crippen LogP contribution in [-0.2, 0) is 6.54 Å². The normalized spacial score (nSPS) is 12.4. The molecule has 0 aromatic heterocycles. The third-order valence-electron chi connectivity index (χ3n) is 3.34. The van der Waals surface area contributed by atoms with E-state index in [1.54, 1.807) is 6.07 Å². The second kappa shape index (κ2) is 7.14. The SMILES string of the molecule is CC(C)Oc1ccc(C(C)NCc2ccccc2O)cc1. The minimum absolute atomic E-state index is 0.187. The van der Waals surface area contributed by atoms with Crippen LogP contribution in [0.15, 0.2) is 48.5 Å². The van der Waals surface area contributed by atoms with Crippen molar-refractivity contribution in [2.45, 2.75) is 39.5 Å². The largest absolute Gasteiger partial charge is 0.508 e. The minimum atomic E-state index is 0.187. The van der Waals surface area contributed by atoms with Crippen molar-refractivity contribution in [2.24, 2.45) is 0 Å². The molecule has 0 radical (unpaired) electrons. The lowest BCUT2D eigenvalue weighted by Crippen LogP contribution is -2.18. The van der Waals surface area contributed by atoms with Crippen LogP contribution in [0.25, 0.3) is 0 Å². The number of benzene rings is 2. The molecule has 0 saturated heterocycles. The number of hydrogen-bond donors (Lipinski definition) is 2. The number of rotatable bonds is 6. The summed E-state index contributed by atoms with van der Waals surface area (Å²) in [6.45, 7) is 6.78. The summed E-state index contributed by atoms with van der Waals surface area (Å²) in [5.74, 6) is 1.22. The highest BCUT2D eigenvalue weighted by Crippen LogP contribution is 2.20. The van der Waals surface area contributed by atoms with Crippen LogP contribution in [0.1, 0.15) is 37.9 Å². The number of phenolic OH excluding ortho intramolecular Hbond substituents is 1. The van der Waals surface area contributed by atoms with Gasteiger partial charge in [0.25, 0.3) is 0 Å². The van der Waals surface area contributed by atoms with Gasteiger partial charge in [-0.15, -0.1) is 0 Å². The molecule has 0 amide bonds. The van der Waals surface area contributed by atoms with Gasteiger partial charge in [-0.2, -0.15) is 0 Å². The van der Waals surface area contributed by atoms with Gasteiger partial charge >= 0.3 is 0 Å². The Morgan fingerprint density at radius 1 is 1.00 bits per heavy atom. The van der Waals surface area contributed by atoms with E-state index < -0.39 is 0 Å². The Hall–Kier alpha value is -2.00. The van der Waals surface area contributed by atoms with Crippen molar-refractivity contribution in [1.29, 1.82) is 0 Å². The maximum absolute atomic E-state index is 9.76. The molecule has 0 fully saturated rings. The maximum Gasteiger partial charge on any atom is 0.120 e. The van der Waals surface area contributed by atoms with Gasteiger partial charge < -0.3 is 15.2 Å². The molecule has 112 valence electrons. The summed E-state index contributed by atoms with van der Waals surface area (Å²) >= 11 is 0. The fourth-order valence-corrected chi connectivity index (χ4v) is 2.15. The average Bonchev–Trinajstić information content (AvgIpc) is 2.46. The molecule has 0 saturated carbocycles. The lowest BCUT2D eigenvalue weighted by Gasteiger charge is -2.16. The van der Waals surface area contributed by atoms with Crippen LogP contribution in [0.4, 0.5) is 0 Å². The number of para-hydroxylation sites is 1. The first-order valence-corrected chi connectivity index (χ1v) is 7.33. The molecule has 3 nitrogen and oxygen atoms in total. The van der Waals surface area contributed by atoms with Gasteiger partial charge in [-0.25, -0.2) is 0 Å². The first kappa shape index (κ1) is 15.4. The predicted molar refractivity (Wildman–Crippen MR) is 85.6 cm³/mol. The van der Waals surface area contributed by atoms with Gasteiger partial charge in [-0.05, 0) is 44.5 Å². The molecular formula is C18H23NO2. The molecule has 0 spiro atoms. The molecule has 2 rings (SSSR count). The Labute approximate surface area is 126 Å². The molecule has 2 N–H and O–H groups in total. The smallest absolute Gasteiger partial charge is 0.120 e. The zero-order valence-electron chi connectivity index (χ0n) is 12.8. The van der Waals surface area contributed by atoms with Crippen LogP contribution in [0, 0.1) is 0 Å². The van der Waals surface area contributed by atoms with Crippen LogP contribution < -0.4 is 10.1 Å². The van der Waals surface area contributed by atoms with Crippen molar-refractivity contribution in [1.82, 2.24) is 5.32 Å². The number of ether oxygens (including phenoxy) is 1. The van der Waals surface area contributed by atoms with Crippen molar-refractivity contribution >= 4 is 0 Å². The summed E-state index contributed by atoms with van der Waals surface area (Å²) in [4.78, 5) is 0. The van der Waals surface area contributed by atoms with Crippen molar-refractivity contribution in [3.05, 3.63) is 59.7 Å². The Morgan fingerprint density at radius 3 is 2.29 bits per heavy atom. The van der Waals surface area contributed by atoms with Gasteiger partial charge in [0.2, 0.25) is 0 Å². The lowest BCUT2D eigenvalue weighted by molar-refractivity contribution is 0.242. The fourth-order valence-electron chi connectivity index (χ4n) is 2.15. The summed E-state index contributed by atoms with van der Waals surface area (Å²) in [6, 6.07) is 15.7. The molecule has 1 unspecified atom stereocenters. The van der Waals surface area contributed by atoms with Gasteiger partial charge in [0.1, 0.15) is 11.5 Å². The van der Waals surface area contributed by atoms with E-state index in [-0.39, 0.29) is 12.1 Å². The zero-order chi connectivity index (χ0) is 15.2. The van der Waals surface area contributed by atoms with Crippen LogP contribution in [0.5, 0.6) is 11.5 Å². The molecule has 2 aromatic rings. The molecule has 3 heteroatoms. The second-order valence-corrected chi connectivity index (χ2v) is 5.47. The molecule has 0 heterocycles. The Bertz CT molecular complexity index is 564. The third-order valence-corrected chi connectivity index (χ3v) is 3.34. The van der Waals surface area contributed by atoms with Gasteiger partial charge in [0.05, 0.1) is 6.10 Å². The second-order valence-electron chi connectivity index (χ2n) is 5.47. The summed E-state index contributed by atoms with van der Waals surface area (Å²) < 4.78 is 5.64. The van der Waals surface area contributed by atoms with E-state index in [4.69, 9.17) is 4.74 Å². The van der Waals surface area contributed by atoms with E-state index in [0.29, 0.717) is 12.3 Å². The quantitative estimate of drug-likeness (QED) is 0.842. The summed E-state index contributed by atoms with van der Waals surface area (Å²) in [5.41, 5.74) is 2.10. The van der Waals surface area contributed by atoms with Crippen LogP contribution in [0.2, 0.25) is 0 Å². The monoisotopic (exact) mass is 285 g/mol. The molecule has 0 bridgehead atoms. The van der Waals surface area contributed by atoms with E-state index in [1.807, 2.05) is 44.2 Å². The fraction of sp³-hybridized carbons (Fsp3) is 0.333. The van der Waals surface area contributed by atoms with Crippen molar-refractivity contribution < 1.29 is 9.84 Å². The molecular weight excluding hydrogens is 262 g/mol. The van der Waals surface area contributed by atoms with Gasteiger partial charge in [0.15, 0.2) is 0 Å². The number of hydrogen-bond acceptors (Lipinski definition) is 3. The Balaban J connectivity index is 1.94. The van der Waals surface area contributed by atoms with Gasteiger partial charge in [-0.3, -0.25) is 0 Å². The third kappa shape index (κ3) is 4.50. The summed E-state index contributed by atoms with van der Waals surface area (Å²) in [6.07, 6.45) is 0.187. The Morgan fingerprint density at radius 2 is 1.67 bits per heavy atom. The zero-order valence-corrected chi connectivity index (χ0v) is 12.8. The number of nitrogens with one attached hydrogen (secondary N) is 1. The molecule has 0 aliphatic heterocycles. The van der Waals surface area contributed by atoms with Crippen molar-refractivity contribution in [3.63, 3.8) is 0 Å². The van der Waals surface area contributed by atoms with E-state index >= 15 is 0 Å². The van der Waals surface area contributed by atoms with Crippen LogP contribution in [-0.4, -0.2) is 11.2 Å². The average molecular weight is 285 g/mol. The highest BCUT2D eigenvalue weighted by molar-refractivity contribution is 5.32. The highest BCUT2D eigenvalue weighted by Gasteiger charge is 2.07. The van der Waals surface area contributed by atoms with Crippen molar-refractivity contribution in [3.8, 4) is 11.5 Å². The maximum atomic E-state index is 9.76. The van der Waals surface area contributed by atoms with Gasteiger partial charge in [0, 0.05) is 18.2 Å². The van der Waals surface area contributed by atoms with Gasteiger partial charge in [-0.1, -0.05) is 30.3 Å². The van der Waals surface area contributed by atoms with Crippen LogP contribution in [0.3, 0.4) is 0 Å². The molecule has 2 aromatic carbocycles. The van der Waals surface area contributed by atoms with Crippen LogP contribution >= 0.6 is 0 Å². The first-order chi connectivity index (χ1) is 10.1. The molecule has 1 atom stereocenters. The van der Waals surface area contributed by atoms with E-state index in [9.17, 15) is 5.11 Å². The van der Waals surface area contributed by atoms with E-state index in [0.717, 1.165) is 11.3 Å². The Kier molecular flexibility index (Phi) is 5.23. The summed E-state index contributed by atoms with van der Waals surface area (Å²) in [7, 11) is 0.